The first-order valence-electron chi connectivity index (χ1n) is 5.37. The van der Waals surface area contributed by atoms with Gasteiger partial charge in [0, 0.05) is 46.8 Å². The first-order valence-corrected chi connectivity index (χ1v) is 6.86. The molecule has 1 heterocycles. The molecule has 0 saturated carbocycles. The van der Waals surface area contributed by atoms with Crippen LogP contribution in [0.5, 0.6) is 0 Å². The molecule has 0 aliphatic heterocycles. The van der Waals surface area contributed by atoms with Gasteiger partial charge in [0.25, 0.3) is 5.91 Å². The third-order valence-electron chi connectivity index (χ3n) is 2.24. The molecule has 0 saturated heterocycles. The average molecular weight is 256 g/mol. The molecule has 1 atom stereocenters. The summed E-state index contributed by atoms with van der Waals surface area (Å²) in [6.45, 7) is 3.88. The number of aromatic nitrogens is 1. The topological polar surface area (TPSA) is 79.0 Å². The Balaban J connectivity index is 2.59. The highest BCUT2D eigenvalue weighted by atomic mass is 32.2. The molecule has 2 N–H and O–H groups in total. The van der Waals surface area contributed by atoms with E-state index >= 15 is 0 Å². The number of H-pyrrole nitrogens is 1. The third-order valence-corrected chi connectivity index (χ3v) is 3.54. The maximum absolute atomic E-state index is 11.6. The number of rotatable bonds is 5. The van der Waals surface area contributed by atoms with E-state index < -0.39 is 16.7 Å². The van der Waals surface area contributed by atoms with Crippen LogP contribution in [0.4, 0.5) is 0 Å². The highest BCUT2D eigenvalue weighted by Crippen LogP contribution is 1.92. The van der Waals surface area contributed by atoms with E-state index in [1.54, 1.807) is 6.92 Å². The van der Waals surface area contributed by atoms with E-state index in [4.69, 9.17) is 0 Å². The summed E-state index contributed by atoms with van der Waals surface area (Å²) in [6, 6.07) is 1.37. The molecule has 1 amide bonds. The molecule has 0 aromatic carbocycles. The zero-order valence-corrected chi connectivity index (χ0v) is 10.7. The van der Waals surface area contributed by atoms with Crippen molar-refractivity contribution in [1.29, 1.82) is 0 Å². The van der Waals surface area contributed by atoms with Gasteiger partial charge in [0.05, 0.1) is 0 Å². The molecular formula is C11H16N2O3S. The molecule has 5 nitrogen and oxygen atoms in total. The number of hydrogen-bond donors (Lipinski definition) is 2. The van der Waals surface area contributed by atoms with Crippen LogP contribution in [0.2, 0.25) is 0 Å². The number of carbonyl (C=O) groups excluding carboxylic acids is 1. The molecule has 17 heavy (non-hydrogen) atoms. The Hall–Kier alpha value is -1.43. The first kappa shape index (κ1) is 13.6. The zero-order chi connectivity index (χ0) is 12.8. The van der Waals surface area contributed by atoms with Gasteiger partial charge in [0.15, 0.2) is 5.43 Å². The van der Waals surface area contributed by atoms with E-state index in [0.29, 0.717) is 23.7 Å². The monoisotopic (exact) mass is 256 g/mol. The standard InChI is InChI=1S/C11H16N2O3S/c1-3-17(16)5-4-12-11(15)9-7-13-8(2)6-10(9)14/h6-7H,3-5H2,1-2H3,(H,12,15)(H,13,14). The molecular weight excluding hydrogens is 240 g/mol. The van der Waals surface area contributed by atoms with Gasteiger partial charge in [-0.05, 0) is 6.92 Å². The molecule has 0 bridgehead atoms. The maximum atomic E-state index is 11.6. The van der Waals surface area contributed by atoms with Crippen LogP contribution in [0.25, 0.3) is 0 Å². The van der Waals surface area contributed by atoms with Crippen LogP contribution in [0.1, 0.15) is 23.0 Å². The normalized spacial score (nSPS) is 12.1. The zero-order valence-electron chi connectivity index (χ0n) is 9.91. The van der Waals surface area contributed by atoms with Crippen LogP contribution in [0, 0.1) is 6.92 Å². The minimum absolute atomic E-state index is 0.0814. The highest BCUT2D eigenvalue weighted by molar-refractivity contribution is 7.84. The minimum atomic E-state index is -0.909. The summed E-state index contributed by atoms with van der Waals surface area (Å²) in [6.07, 6.45) is 1.39. The Labute approximate surface area is 102 Å². The fourth-order valence-electron chi connectivity index (χ4n) is 1.27. The minimum Gasteiger partial charge on any atom is -0.364 e. The predicted octanol–water partition coefficient (Wildman–Crippen LogP) is 0.182. The summed E-state index contributed by atoms with van der Waals surface area (Å²) >= 11 is 0. The molecule has 1 rings (SSSR count). The quantitative estimate of drug-likeness (QED) is 0.789. The fourth-order valence-corrected chi connectivity index (χ4v) is 1.89. The maximum Gasteiger partial charge on any atom is 0.256 e. The highest BCUT2D eigenvalue weighted by Gasteiger charge is 2.09. The summed E-state index contributed by atoms with van der Waals surface area (Å²) in [7, 11) is -0.909. The number of hydrogen-bond acceptors (Lipinski definition) is 3. The lowest BCUT2D eigenvalue weighted by molar-refractivity contribution is 0.0954. The van der Waals surface area contributed by atoms with E-state index in [2.05, 4.69) is 10.3 Å². The van der Waals surface area contributed by atoms with Gasteiger partial charge in [-0.3, -0.25) is 13.8 Å². The van der Waals surface area contributed by atoms with Gasteiger partial charge in [-0.1, -0.05) is 6.92 Å². The van der Waals surface area contributed by atoms with Crippen molar-refractivity contribution < 1.29 is 9.00 Å². The van der Waals surface area contributed by atoms with Crippen LogP contribution in [0.15, 0.2) is 17.1 Å². The molecule has 1 unspecified atom stereocenters. The molecule has 0 aliphatic rings. The fraction of sp³-hybridized carbons (Fsp3) is 0.455. The van der Waals surface area contributed by atoms with Crippen LogP contribution < -0.4 is 10.7 Å². The molecule has 1 aromatic heterocycles. The Bertz CT molecular complexity index is 482. The molecule has 0 spiro atoms. The summed E-state index contributed by atoms with van der Waals surface area (Å²) in [5, 5.41) is 2.57. The van der Waals surface area contributed by atoms with E-state index in [1.807, 2.05) is 6.92 Å². The Morgan fingerprint density at radius 2 is 2.24 bits per heavy atom. The number of nitrogens with one attached hydrogen (secondary N) is 2. The molecule has 0 radical (unpaired) electrons. The van der Waals surface area contributed by atoms with Crippen molar-refractivity contribution in [3.05, 3.63) is 33.7 Å². The average Bonchev–Trinajstić information content (AvgIpc) is 2.28. The second-order valence-electron chi connectivity index (χ2n) is 3.58. The van der Waals surface area contributed by atoms with Gasteiger partial charge in [-0.15, -0.1) is 0 Å². The van der Waals surface area contributed by atoms with E-state index in [0.717, 1.165) is 0 Å². The molecule has 6 heteroatoms. The number of pyridine rings is 1. The smallest absolute Gasteiger partial charge is 0.256 e. The van der Waals surface area contributed by atoms with Crippen LogP contribution >= 0.6 is 0 Å². The van der Waals surface area contributed by atoms with E-state index in [1.165, 1.54) is 12.3 Å². The summed E-state index contributed by atoms with van der Waals surface area (Å²) in [5.41, 5.74) is 0.479. The van der Waals surface area contributed by atoms with Gasteiger partial charge in [0.2, 0.25) is 0 Å². The van der Waals surface area contributed by atoms with E-state index in [9.17, 15) is 13.8 Å². The Morgan fingerprint density at radius 3 is 2.82 bits per heavy atom. The van der Waals surface area contributed by atoms with Crippen LogP contribution in [0.3, 0.4) is 0 Å². The third kappa shape index (κ3) is 4.14. The molecule has 0 fully saturated rings. The van der Waals surface area contributed by atoms with Gasteiger partial charge in [0.1, 0.15) is 5.56 Å². The predicted molar refractivity (Wildman–Crippen MR) is 67.7 cm³/mol. The van der Waals surface area contributed by atoms with Gasteiger partial charge >= 0.3 is 0 Å². The number of aromatic amines is 1. The first-order chi connectivity index (χ1) is 8.04. The summed E-state index contributed by atoms with van der Waals surface area (Å²) in [5.74, 6) is 0.548. The number of amides is 1. The van der Waals surface area contributed by atoms with Crippen molar-refractivity contribution in [3.63, 3.8) is 0 Å². The van der Waals surface area contributed by atoms with Crippen molar-refractivity contribution in [2.24, 2.45) is 0 Å². The molecule has 0 aliphatic carbocycles. The van der Waals surface area contributed by atoms with Gasteiger partial charge < -0.3 is 10.3 Å². The lowest BCUT2D eigenvalue weighted by Gasteiger charge is -2.04. The van der Waals surface area contributed by atoms with Crippen molar-refractivity contribution in [1.82, 2.24) is 10.3 Å². The Kier molecular flexibility index (Phi) is 5.09. The van der Waals surface area contributed by atoms with Gasteiger partial charge in [-0.2, -0.15) is 0 Å². The number of carbonyl (C=O) groups is 1. The van der Waals surface area contributed by atoms with Crippen molar-refractivity contribution in [2.45, 2.75) is 13.8 Å². The largest absolute Gasteiger partial charge is 0.364 e. The lowest BCUT2D eigenvalue weighted by Crippen LogP contribution is -2.31. The second-order valence-corrected chi connectivity index (χ2v) is 5.45. The van der Waals surface area contributed by atoms with Crippen LogP contribution in [-0.4, -0.2) is 33.2 Å². The molecule has 1 aromatic rings. The SMILES string of the molecule is CCS(=O)CCNC(=O)c1c[nH]c(C)cc1=O. The van der Waals surface area contributed by atoms with Crippen molar-refractivity contribution >= 4 is 16.7 Å². The summed E-state index contributed by atoms with van der Waals surface area (Å²) < 4.78 is 11.1. The number of aryl methyl sites for hydroxylation is 1. The molecule has 94 valence electrons. The van der Waals surface area contributed by atoms with Gasteiger partial charge in [-0.25, -0.2) is 0 Å². The Morgan fingerprint density at radius 1 is 1.53 bits per heavy atom. The second kappa shape index (κ2) is 6.34. The summed E-state index contributed by atoms with van der Waals surface area (Å²) in [4.78, 5) is 25.9. The lowest BCUT2D eigenvalue weighted by atomic mass is 10.2. The van der Waals surface area contributed by atoms with Crippen LogP contribution in [-0.2, 0) is 10.8 Å². The van der Waals surface area contributed by atoms with E-state index in [-0.39, 0.29) is 11.0 Å². The van der Waals surface area contributed by atoms with Crippen molar-refractivity contribution in [3.8, 4) is 0 Å². The van der Waals surface area contributed by atoms with Crippen molar-refractivity contribution in [2.75, 3.05) is 18.1 Å².